The Hall–Kier alpha value is -1.95. The second-order valence-electron chi connectivity index (χ2n) is 6.94. The fraction of sp³-hybridized carbons (Fsp3) is 0.350. The van der Waals surface area contributed by atoms with Crippen molar-refractivity contribution in [3.63, 3.8) is 0 Å². The third kappa shape index (κ3) is 3.34. The van der Waals surface area contributed by atoms with E-state index in [1.165, 1.54) is 12.1 Å². The Labute approximate surface area is 159 Å². The Balaban J connectivity index is 0.00000243. The summed E-state index contributed by atoms with van der Waals surface area (Å²) in [6.07, 6.45) is -0.803. The summed E-state index contributed by atoms with van der Waals surface area (Å²) in [4.78, 5) is 14.8. The monoisotopic (exact) mass is 378 g/mol. The molecule has 2 N–H and O–H groups in total. The summed E-state index contributed by atoms with van der Waals surface area (Å²) in [6.45, 7) is 3.92. The number of aliphatic hydroxyl groups is 1. The number of fused-ring (bicyclic) bond motifs is 1. The van der Waals surface area contributed by atoms with Crippen molar-refractivity contribution in [3.8, 4) is 0 Å². The average Bonchev–Trinajstić information content (AvgIpc) is 2.77. The first-order valence-electron chi connectivity index (χ1n) is 8.39. The van der Waals surface area contributed by atoms with Crippen LogP contribution in [-0.2, 0) is 10.2 Å². The summed E-state index contributed by atoms with van der Waals surface area (Å²) in [5.74, 6) is -0.509. The number of carbonyl (C=O) groups is 1. The highest BCUT2D eigenvalue weighted by Gasteiger charge is 2.48. The van der Waals surface area contributed by atoms with Crippen LogP contribution < -0.4 is 10.2 Å². The predicted molar refractivity (Wildman–Crippen MR) is 103 cm³/mol. The zero-order valence-electron chi connectivity index (χ0n) is 15.1. The minimum atomic E-state index is -0.843. The third-order valence-electron chi connectivity index (χ3n) is 4.84. The lowest BCUT2D eigenvalue weighted by Gasteiger charge is -2.33. The number of rotatable bonds is 5. The van der Waals surface area contributed by atoms with Gasteiger partial charge in [0.15, 0.2) is 0 Å². The van der Waals surface area contributed by atoms with Crippen molar-refractivity contribution in [1.82, 2.24) is 5.32 Å². The molecule has 0 spiro atoms. The van der Waals surface area contributed by atoms with E-state index in [2.05, 4.69) is 5.32 Å². The summed E-state index contributed by atoms with van der Waals surface area (Å²) in [7, 11) is 1.75. The van der Waals surface area contributed by atoms with E-state index in [1.807, 2.05) is 30.3 Å². The van der Waals surface area contributed by atoms with E-state index in [0.29, 0.717) is 17.8 Å². The van der Waals surface area contributed by atoms with Crippen LogP contribution in [0.15, 0.2) is 48.5 Å². The largest absolute Gasteiger partial charge is 0.389 e. The number of amides is 1. The highest BCUT2D eigenvalue weighted by atomic mass is 35.5. The summed E-state index contributed by atoms with van der Waals surface area (Å²) in [6, 6.07) is 13.3. The molecule has 3 rings (SSSR count). The van der Waals surface area contributed by atoms with Gasteiger partial charge < -0.3 is 15.3 Å². The number of benzene rings is 2. The number of aliphatic hydroxyl groups excluding tert-OH is 1. The molecule has 0 bridgehead atoms. The maximum Gasteiger partial charge on any atom is 0.237 e. The smallest absolute Gasteiger partial charge is 0.237 e. The Kier molecular flexibility index (Phi) is 6.06. The number of halogens is 2. The van der Waals surface area contributed by atoms with Crippen molar-refractivity contribution in [2.75, 3.05) is 18.5 Å². The van der Waals surface area contributed by atoms with E-state index in [-0.39, 0.29) is 24.1 Å². The number of carbonyl (C=O) groups excluding carboxylic acids is 1. The first-order valence-corrected chi connectivity index (χ1v) is 8.39. The Morgan fingerprint density at radius 1 is 1.19 bits per heavy atom. The minimum Gasteiger partial charge on any atom is -0.389 e. The van der Waals surface area contributed by atoms with Gasteiger partial charge in [-0.15, -0.1) is 12.4 Å². The van der Waals surface area contributed by atoms with Crippen LogP contribution in [0.1, 0.15) is 31.0 Å². The molecule has 0 aliphatic carbocycles. The topological polar surface area (TPSA) is 52.6 Å². The fourth-order valence-corrected chi connectivity index (χ4v) is 3.54. The highest BCUT2D eigenvalue weighted by molar-refractivity contribution is 6.08. The van der Waals surface area contributed by atoms with Crippen molar-refractivity contribution in [2.24, 2.45) is 0 Å². The molecule has 2 aromatic rings. The number of anilines is 1. The van der Waals surface area contributed by atoms with E-state index < -0.39 is 17.6 Å². The SMILES string of the molecule is CNC[C@@H](O)[C@H](c1ccccc1)N1C(=O)C(C)(C)c2cc(F)ccc21.Cl. The first kappa shape index (κ1) is 20.4. The van der Waals surface area contributed by atoms with E-state index in [1.54, 1.807) is 31.9 Å². The normalized spacial score (nSPS) is 17.4. The number of nitrogens with one attached hydrogen (secondary N) is 1. The maximum atomic E-state index is 13.8. The fourth-order valence-electron chi connectivity index (χ4n) is 3.54. The Morgan fingerprint density at radius 3 is 2.46 bits per heavy atom. The van der Waals surface area contributed by atoms with Crippen molar-refractivity contribution in [2.45, 2.75) is 31.4 Å². The van der Waals surface area contributed by atoms with Crippen molar-refractivity contribution in [3.05, 3.63) is 65.5 Å². The second kappa shape index (κ2) is 7.74. The molecule has 6 heteroatoms. The molecule has 2 atom stereocenters. The van der Waals surface area contributed by atoms with Gasteiger partial charge in [-0.2, -0.15) is 0 Å². The average molecular weight is 379 g/mol. The lowest BCUT2D eigenvalue weighted by molar-refractivity contribution is -0.123. The third-order valence-corrected chi connectivity index (χ3v) is 4.84. The molecule has 26 heavy (non-hydrogen) atoms. The molecular formula is C20H24ClFN2O2. The van der Waals surface area contributed by atoms with E-state index in [9.17, 15) is 14.3 Å². The molecule has 0 saturated carbocycles. The summed E-state index contributed by atoms with van der Waals surface area (Å²) in [5, 5.41) is 13.7. The quantitative estimate of drug-likeness (QED) is 0.840. The van der Waals surface area contributed by atoms with Crippen LogP contribution in [0.5, 0.6) is 0 Å². The van der Waals surface area contributed by atoms with Gasteiger partial charge in [-0.05, 0) is 50.2 Å². The number of likely N-dealkylation sites (N-methyl/N-ethyl adjacent to an activating group) is 1. The van der Waals surface area contributed by atoms with Gasteiger partial charge in [0.2, 0.25) is 5.91 Å². The summed E-state index contributed by atoms with van der Waals surface area (Å²) >= 11 is 0. The van der Waals surface area contributed by atoms with E-state index in [0.717, 1.165) is 5.56 Å². The summed E-state index contributed by atoms with van der Waals surface area (Å²) < 4.78 is 13.8. The first-order chi connectivity index (χ1) is 11.9. The molecule has 1 heterocycles. The van der Waals surface area contributed by atoms with Gasteiger partial charge in [0.05, 0.1) is 17.6 Å². The van der Waals surface area contributed by atoms with Gasteiger partial charge in [0, 0.05) is 12.2 Å². The standard InChI is InChI=1S/C20H23FN2O2.ClH/c1-20(2)15-11-14(21)9-10-16(15)23(19(20)25)18(17(24)12-22-3)13-7-5-4-6-8-13;/h4-11,17-18,22,24H,12H2,1-3H3;1H/t17-,18+;/m1./s1. The van der Waals surface area contributed by atoms with E-state index in [4.69, 9.17) is 0 Å². The van der Waals surface area contributed by atoms with Gasteiger partial charge in [-0.1, -0.05) is 30.3 Å². The number of hydrogen-bond acceptors (Lipinski definition) is 3. The molecule has 0 fully saturated rings. The lowest BCUT2D eigenvalue weighted by atomic mass is 9.86. The van der Waals surface area contributed by atoms with Crippen LogP contribution in [0, 0.1) is 5.82 Å². The lowest BCUT2D eigenvalue weighted by Crippen LogP contribution is -2.45. The predicted octanol–water partition coefficient (Wildman–Crippen LogP) is 3.19. The molecule has 0 aromatic heterocycles. The molecule has 0 unspecified atom stereocenters. The maximum absolute atomic E-state index is 13.8. The molecule has 1 amide bonds. The van der Waals surface area contributed by atoms with Gasteiger partial charge in [0.25, 0.3) is 0 Å². The number of hydrogen-bond donors (Lipinski definition) is 2. The molecule has 0 radical (unpaired) electrons. The molecule has 1 aliphatic heterocycles. The van der Waals surface area contributed by atoms with Crippen LogP contribution in [0.25, 0.3) is 0 Å². The molecular weight excluding hydrogens is 355 g/mol. The van der Waals surface area contributed by atoms with Gasteiger partial charge in [0.1, 0.15) is 5.82 Å². The van der Waals surface area contributed by atoms with Gasteiger partial charge in [-0.3, -0.25) is 4.79 Å². The van der Waals surface area contributed by atoms with E-state index >= 15 is 0 Å². The van der Waals surface area contributed by atoms with Crippen molar-refractivity contribution >= 4 is 24.0 Å². The van der Waals surface area contributed by atoms with Crippen LogP contribution in [0.2, 0.25) is 0 Å². The molecule has 1 aliphatic rings. The highest BCUT2D eigenvalue weighted by Crippen LogP contribution is 2.46. The Morgan fingerprint density at radius 2 is 1.85 bits per heavy atom. The minimum absolute atomic E-state index is 0. The van der Waals surface area contributed by atoms with Crippen molar-refractivity contribution < 1.29 is 14.3 Å². The molecule has 140 valence electrons. The van der Waals surface area contributed by atoms with Crippen molar-refractivity contribution in [1.29, 1.82) is 0 Å². The zero-order chi connectivity index (χ0) is 18.2. The summed E-state index contributed by atoms with van der Waals surface area (Å²) in [5.41, 5.74) is 1.30. The number of nitrogens with zero attached hydrogens (tertiary/aromatic N) is 1. The zero-order valence-corrected chi connectivity index (χ0v) is 15.9. The second-order valence-corrected chi connectivity index (χ2v) is 6.94. The van der Waals surface area contributed by atoms with Gasteiger partial charge >= 0.3 is 0 Å². The van der Waals surface area contributed by atoms with Crippen LogP contribution >= 0.6 is 12.4 Å². The molecule has 2 aromatic carbocycles. The molecule has 0 saturated heterocycles. The van der Waals surface area contributed by atoms with Gasteiger partial charge in [-0.25, -0.2) is 4.39 Å². The Bertz CT molecular complexity index is 783. The molecule has 4 nitrogen and oxygen atoms in total. The van der Waals surface area contributed by atoms with Crippen LogP contribution in [0.3, 0.4) is 0 Å². The van der Waals surface area contributed by atoms with Crippen LogP contribution in [0.4, 0.5) is 10.1 Å². The van der Waals surface area contributed by atoms with Crippen LogP contribution in [-0.4, -0.2) is 30.7 Å².